The summed E-state index contributed by atoms with van der Waals surface area (Å²) >= 11 is 6.00. The number of carbonyl (C=O) groups excluding carboxylic acids is 1. The van der Waals surface area contributed by atoms with Gasteiger partial charge in [-0.2, -0.15) is 0 Å². The van der Waals surface area contributed by atoms with Crippen molar-refractivity contribution in [1.29, 1.82) is 0 Å². The summed E-state index contributed by atoms with van der Waals surface area (Å²) in [5, 5.41) is 6.75. The first-order valence-corrected chi connectivity index (χ1v) is 9.09. The highest BCUT2D eigenvalue weighted by atomic mass is 35.5. The molecule has 0 aliphatic carbocycles. The number of halogens is 1. The maximum absolute atomic E-state index is 12.5. The van der Waals surface area contributed by atoms with Gasteiger partial charge in [0, 0.05) is 22.9 Å². The summed E-state index contributed by atoms with van der Waals surface area (Å²) in [5.74, 6) is 0.174. The average molecular weight is 381 g/mol. The lowest BCUT2D eigenvalue weighted by Gasteiger charge is -2.09. The first-order chi connectivity index (χ1) is 13.0. The fraction of sp³-hybridized carbons (Fsp3) is 0.190. The van der Waals surface area contributed by atoms with Crippen LogP contribution < -0.4 is 10.6 Å². The van der Waals surface area contributed by atoms with E-state index in [2.05, 4.69) is 20.6 Å². The van der Waals surface area contributed by atoms with Crippen LogP contribution in [0.5, 0.6) is 0 Å². The molecule has 27 heavy (non-hydrogen) atoms. The Morgan fingerprint density at radius 2 is 1.81 bits per heavy atom. The third kappa shape index (κ3) is 5.53. The van der Waals surface area contributed by atoms with Crippen molar-refractivity contribution >= 4 is 29.1 Å². The Labute approximate surface area is 163 Å². The van der Waals surface area contributed by atoms with Gasteiger partial charge < -0.3 is 10.6 Å². The van der Waals surface area contributed by atoms with Crippen LogP contribution in [0.15, 0.2) is 54.6 Å². The molecule has 0 aliphatic rings. The lowest BCUT2D eigenvalue weighted by molar-refractivity contribution is 0.102. The van der Waals surface area contributed by atoms with Gasteiger partial charge in [-0.15, -0.1) is 0 Å². The van der Waals surface area contributed by atoms with Gasteiger partial charge in [-0.25, -0.2) is 9.97 Å². The molecule has 3 aromatic rings. The lowest BCUT2D eigenvalue weighted by Crippen LogP contribution is -2.16. The van der Waals surface area contributed by atoms with E-state index in [4.69, 9.17) is 11.6 Å². The molecule has 5 nitrogen and oxygen atoms in total. The van der Waals surface area contributed by atoms with Crippen LogP contribution in [0.4, 0.5) is 11.6 Å². The molecule has 0 unspecified atom stereocenters. The number of rotatable bonds is 6. The second kappa shape index (κ2) is 8.64. The van der Waals surface area contributed by atoms with Crippen LogP contribution in [-0.2, 0) is 6.42 Å². The SMILES string of the molecule is Cc1ccc(NC(=O)c2cc(C)nc(NCCc3cccc(Cl)c3)n2)cc1. The van der Waals surface area contributed by atoms with Crippen LogP contribution in [0.3, 0.4) is 0 Å². The molecule has 0 bridgehead atoms. The Morgan fingerprint density at radius 1 is 1.04 bits per heavy atom. The molecule has 6 heteroatoms. The number of aromatic nitrogens is 2. The Hall–Kier alpha value is -2.92. The van der Waals surface area contributed by atoms with E-state index < -0.39 is 0 Å². The van der Waals surface area contributed by atoms with Crippen molar-refractivity contribution in [2.45, 2.75) is 20.3 Å². The molecular weight excluding hydrogens is 360 g/mol. The molecule has 138 valence electrons. The molecule has 0 radical (unpaired) electrons. The second-order valence-corrected chi connectivity index (χ2v) is 6.78. The van der Waals surface area contributed by atoms with Crippen LogP contribution in [0.25, 0.3) is 0 Å². The first kappa shape index (κ1) is 18.9. The van der Waals surface area contributed by atoms with E-state index in [1.165, 1.54) is 0 Å². The predicted molar refractivity (Wildman–Crippen MR) is 110 cm³/mol. The molecule has 3 rings (SSSR count). The summed E-state index contributed by atoms with van der Waals surface area (Å²) in [6, 6.07) is 17.0. The van der Waals surface area contributed by atoms with E-state index in [-0.39, 0.29) is 5.91 Å². The van der Waals surface area contributed by atoms with Crippen molar-refractivity contribution in [2.24, 2.45) is 0 Å². The molecule has 0 saturated carbocycles. The Morgan fingerprint density at radius 3 is 2.56 bits per heavy atom. The summed E-state index contributed by atoms with van der Waals surface area (Å²) in [6.45, 7) is 4.48. The summed E-state index contributed by atoms with van der Waals surface area (Å²) < 4.78 is 0. The first-order valence-electron chi connectivity index (χ1n) is 8.71. The molecule has 1 heterocycles. The van der Waals surface area contributed by atoms with Crippen molar-refractivity contribution in [3.63, 3.8) is 0 Å². The molecule has 0 saturated heterocycles. The highest BCUT2D eigenvalue weighted by molar-refractivity contribution is 6.30. The van der Waals surface area contributed by atoms with Gasteiger partial charge in [0.15, 0.2) is 0 Å². The number of hydrogen-bond donors (Lipinski definition) is 2. The number of aryl methyl sites for hydroxylation is 2. The standard InChI is InChI=1S/C21H21ClN4O/c1-14-6-8-18(9-7-14)25-20(27)19-12-15(2)24-21(26-19)23-11-10-16-4-3-5-17(22)13-16/h3-9,12-13H,10-11H2,1-2H3,(H,25,27)(H,23,24,26). The van der Waals surface area contributed by atoms with Crippen molar-refractivity contribution in [3.8, 4) is 0 Å². The smallest absolute Gasteiger partial charge is 0.274 e. The Balaban J connectivity index is 1.64. The monoisotopic (exact) mass is 380 g/mol. The topological polar surface area (TPSA) is 66.9 Å². The normalized spacial score (nSPS) is 10.5. The number of anilines is 2. The Bertz CT molecular complexity index is 941. The number of nitrogens with zero attached hydrogens (tertiary/aromatic N) is 2. The minimum atomic E-state index is -0.262. The van der Waals surface area contributed by atoms with Gasteiger partial charge in [0.05, 0.1) is 0 Å². The number of amides is 1. The van der Waals surface area contributed by atoms with Crippen LogP contribution in [0.2, 0.25) is 5.02 Å². The maximum atomic E-state index is 12.5. The van der Waals surface area contributed by atoms with E-state index in [1.807, 2.05) is 62.4 Å². The van der Waals surface area contributed by atoms with E-state index in [0.717, 1.165) is 34.0 Å². The zero-order valence-corrected chi connectivity index (χ0v) is 16.0. The Kier molecular flexibility index (Phi) is 6.04. The van der Waals surface area contributed by atoms with Gasteiger partial charge in [0.25, 0.3) is 5.91 Å². The predicted octanol–water partition coefficient (Wildman–Crippen LogP) is 4.65. The van der Waals surface area contributed by atoms with E-state index in [9.17, 15) is 4.79 Å². The van der Waals surface area contributed by atoms with Crippen molar-refractivity contribution < 1.29 is 4.79 Å². The average Bonchev–Trinajstić information content (AvgIpc) is 2.63. The zero-order chi connectivity index (χ0) is 19.2. The van der Waals surface area contributed by atoms with Gasteiger partial charge in [-0.3, -0.25) is 4.79 Å². The molecule has 0 spiro atoms. The van der Waals surface area contributed by atoms with Crippen molar-refractivity contribution in [2.75, 3.05) is 17.2 Å². The van der Waals surface area contributed by atoms with Crippen LogP contribution in [0.1, 0.15) is 27.3 Å². The second-order valence-electron chi connectivity index (χ2n) is 6.35. The lowest BCUT2D eigenvalue weighted by atomic mass is 10.1. The van der Waals surface area contributed by atoms with Crippen LogP contribution >= 0.6 is 11.6 Å². The minimum Gasteiger partial charge on any atom is -0.354 e. The van der Waals surface area contributed by atoms with Gasteiger partial charge in [-0.1, -0.05) is 41.4 Å². The number of hydrogen-bond acceptors (Lipinski definition) is 4. The highest BCUT2D eigenvalue weighted by Gasteiger charge is 2.11. The highest BCUT2D eigenvalue weighted by Crippen LogP contribution is 2.13. The van der Waals surface area contributed by atoms with Gasteiger partial charge in [0.2, 0.25) is 5.95 Å². The van der Waals surface area contributed by atoms with E-state index >= 15 is 0 Å². The summed E-state index contributed by atoms with van der Waals surface area (Å²) in [5.41, 5.74) is 4.05. The maximum Gasteiger partial charge on any atom is 0.274 e. The van der Waals surface area contributed by atoms with E-state index in [1.54, 1.807) is 6.07 Å². The number of nitrogens with one attached hydrogen (secondary N) is 2. The summed E-state index contributed by atoms with van der Waals surface area (Å²) in [6.07, 6.45) is 0.781. The largest absolute Gasteiger partial charge is 0.354 e. The van der Waals surface area contributed by atoms with Gasteiger partial charge >= 0.3 is 0 Å². The minimum absolute atomic E-state index is 0.262. The quantitative estimate of drug-likeness (QED) is 0.653. The number of benzene rings is 2. The fourth-order valence-corrected chi connectivity index (χ4v) is 2.82. The van der Waals surface area contributed by atoms with E-state index in [0.29, 0.717) is 18.2 Å². The van der Waals surface area contributed by atoms with Gasteiger partial charge in [-0.05, 0) is 56.2 Å². The van der Waals surface area contributed by atoms with Gasteiger partial charge in [0.1, 0.15) is 5.69 Å². The number of carbonyl (C=O) groups is 1. The molecule has 0 aliphatic heterocycles. The third-order valence-corrected chi connectivity index (χ3v) is 4.22. The molecule has 1 aromatic heterocycles. The van der Waals surface area contributed by atoms with Crippen LogP contribution in [-0.4, -0.2) is 22.4 Å². The molecule has 2 N–H and O–H groups in total. The fourth-order valence-electron chi connectivity index (χ4n) is 2.61. The molecular formula is C21H21ClN4O. The summed E-state index contributed by atoms with van der Waals surface area (Å²) in [4.78, 5) is 21.2. The zero-order valence-electron chi connectivity index (χ0n) is 15.3. The molecule has 2 aromatic carbocycles. The third-order valence-electron chi connectivity index (χ3n) is 3.98. The molecule has 0 atom stereocenters. The van der Waals surface area contributed by atoms with Crippen LogP contribution in [0, 0.1) is 13.8 Å². The molecule has 0 fully saturated rings. The molecule has 1 amide bonds. The summed E-state index contributed by atoms with van der Waals surface area (Å²) in [7, 11) is 0. The van der Waals surface area contributed by atoms with Crippen molar-refractivity contribution in [1.82, 2.24) is 9.97 Å². The van der Waals surface area contributed by atoms with Crippen molar-refractivity contribution in [3.05, 3.63) is 82.1 Å².